The zero-order valence-electron chi connectivity index (χ0n) is 12.6. The average Bonchev–Trinajstić information content (AvgIpc) is 2.45. The topological polar surface area (TPSA) is 136 Å². The van der Waals surface area contributed by atoms with Crippen LogP contribution in [0.2, 0.25) is 0 Å². The number of nitrogens with one attached hydrogen (secondary N) is 2. The molecule has 0 saturated carbocycles. The Bertz CT molecular complexity index is 223. The second-order valence-corrected chi connectivity index (χ2v) is 4.38. The fourth-order valence-corrected chi connectivity index (χ4v) is 1.37. The Morgan fingerprint density at radius 1 is 1.10 bits per heavy atom. The van der Waals surface area contributed by atoms with Crippen molar-refractivity contribution in [3.05, 3.63) is 0 Å². The van der Waals surface area contributed by atoms with Crippen molar-refractivity contribution in [3.63, 3.8) is 0 Å². The summed E-state index contributed by atoms with van der Waals surface area (Å²) in [7, 11) is 1.93. The quantitative estimate of drug-likeness (QED) is 0.237. The number of amides is 1. The van der Waals surface area contributed by atoms with Crippen molar-refractivity contribution in [1.82, 2.24) is 10.6 Å². The van der Waals surface area contributed by atoms with E-state index in [9.17, 15) is 9.59 Å². The predicted molar refractivity (Wildman–Crippen MR) is 82.2 cm³/mol. The third kappa shape index (κ3) is 17.0. The van der Waals surface area contributed by atoms with Gasteiger partial charge in [0.05, 0.1) is 6.04 Å². The number of nitrogens with two attached hydrogens (primary N) is 3. The Labute approximate surface area is 122 Å². The SMILES string of the molecule is CNCCCN.NCCCCC(C=O)NC(=O)CCN. The summed E-state index contributed by atoms with van der Waals surface area (Å²) in [6.07, 6.45) is 4.47. The van der Waals surface area contributed by atoms with E-state index in [0.717, 1.165) is 38.6 Å². The number of rotatable bonds is 11. The van der Waals surface area contributed by atoms with Gasteiger partial charge >= 0.3 is 0 Å². The van der Waals surface area contributed by atoms with Gasteiger partial charge in [-0.25, -0.2) is 0 Å². The molecule has 7 nitrogen and oxygen atoms in total. The molecule has 0 aromatic heterocycles. The van der Waals surface area contributed by atoms with E-state index in [-0.39, 0.29) is 18.4 Å². The number of carbonyl (C=O) groups excluding carboxylic acids is 2. The van der Waals surface area contributed by atoms with Crippen LogP contribution in [0.15, 0.2) is 0 Å². The molecule has 1 unspecified atom stereocenters. The molecule has 20 heavy (non-hydrogen) atoms. The molecule has 1 amide bonds. The molecule has 8 N–H and O–H groups in total. The van der Waals surface area contributed by atoms with Gasteiger partial charge in [-0.1, -0.05) is 0 Å². The summed E-state index contributed by atoms with van der Waals surface area (Å²) in [5.74, 6) is -0.169. The van der Waals surface area contributed by atoms with Crippen LogP contribution in [0.5, 0.6) is 0 Å². The van der Waals surface area contributed by atoms with Crippen LogP contribution in [-0.2, 0) is 9.59 Å². The van der Waals surface area contributed by atoms with Gasteiger partial charge in [-0.3, -0.25) is 4.79 Å². The van der Waals surface area contributed by atoms with E-state index < -0.39 is 0 Å². The van der Waals surface area contributed by atoms with Crippen LogP contribution in [0.25, 0.3) is 0 Å². The van der Waals surface area contributed by atoms with Crippen LogP contribution in [0, 0.1) is 0 Å². The lowest BCUT2D eigenvalue weighted by molar-refractivity contribution is -0.123. The average molecular weight is 289 g/mol. The fourth-order valence-electron chi connectivity index (χ4n) is 1.37. The number of carbonyl (C=O) groups is 2. The van der Waals surface area contributed by atoms with Crippen molar-refractivity contribution in [3.8, 4) is 0 Å². The maximum atomic E-state index is 11.1. The van der Waals surface area contributed by atoms with Gasteiger partial charge in [-0.15, -0.1) is 0 Å². The zero-order valence-corrected chi connectivity index (χ0v) is 12.6. The van der Waals surface area contributed by atoms with Crippen molar-refractivity contribution >= 4 is 12.2 Å². The van der Waals surface area contributed by atoms with Crippen LogP contribution in [0.4, 0.5) is 0 Å². The van der Waals surface area contributed by atoms with Gasteiger partial charge in [0.15, 0.2) is 0 Å². The van der Waals surface area contributed by atoms with Crippen LogP contribution < -0.4 is 27.8 Å². The third-order valence-electron chi connectivity index (χ3n) is 2.48. The van der Waals surface area contributed by atoms with Gasteiger partial charge in [-0.2, -0.15) is 0 Å². The summed E-state index contributed by atoms with van der Waals surface area (Å²) >= 11 is 0. The van der Waals surface area contributed by atoms with Crippen molar-refractivity contribution in [1.29, 1.82) is 0 Å². The Morgan fingerprint density at radius 2 is 1.75 bits per heavy atom. The van der Waals surface area contributed by atoms with E-state index in [2.05, 4.69) is 10.6 Å². The van der Waals surface area contributed by atoms with Gasteiger partial charge in [0.25, 0.3) is 0 Å². The summed E-state index contributed by atoms with van der Waals surface area (Å²) in [5, 5.41) is 5.59. The van der Waals surface area contributed by atoms with Crippen LogP contribution in [-0.4, -0.2) is 51.5 Å². The predicted octanol–water partition coefficient (Wildman–Crippen LogP) is -1.30. The Kier molecular flexibility index (Phi) is 19.1. The normalized spacial score (nSPS) is 11.2. The lowest BCUT2D eigenvalue weighted by Gasteiger charge is -2.11. The lowest BCUT2D eigenvalue weighted by Crippen LogP contribution is -2.36. The van der Waals surface area contributed by atoms with Crippen LogP contribution in [0.3, 0.4) is 0 Å². The highest BCUT2D eigenvalue weighted by molar-refractivity contribution is 5.79. The van der Waals surface area contributed by atoms with E-state index >= 15 is 0 Å². The van der Waals surface area contributed by atoms with Gasteiger partial charge < -0.3 is 32.6 Å². The molecule has 0 aromatic carbocycles. The molecule has 0 fully saturated rings. The highest BCUT2D eigenvalue weighted by atomic mass is 16.2. The van der Waals surface area contributed by atoms with Gasteiger partial charge in [0.2, 0.25) is 5.91 Å². The van der Waals surface area contributed by atoms with E-state index in [4.69, 9.17) is 17.2 Å². The van der Waals surface area contributed by atoms with Crippen LogP contribution in [0.1, 0.15) is 32.1 Å². The minimum absolute atomic E-state index is 0.169. The number of hydrogen-bond acceptors (Lipinski definition) is 6. The van der Waals surface area contributed by atoms with E-state index in [1.54, 1.807) is 0 Å². The molecule has 0 spiro atoms. The largest absolute Gasteiger partial charge is 0.347 e. The molecule has 0 bridgehead atoms. The fraction of sp³-hybridized carbons (Fsp3) is 0.846. The minimum atomic E-state index is -0.388. The first kappa shape index (κ1) is 21.3. The first-order chi connectivity index (χ1) is 9.65. The molecule has 0 aromatic rings. The minimum Gasteiger partial charge on any atom is -0.347 e. The molecule has 0 radical (unpaired) electrons. The molecule has 0 heterocycles. The second kappa shape index (κ2) is 18.0. The molecule has 1 atom stereocenters. The van der Waals surface area contributed by atoms with Crippen molar-refractivity contribution in [2.75, 3.05) is 33.2 Å². The highest BCUT2D eigenvalue weighted by Crippen LogP contribution is 1.98. The van der Waals surface area contributed by atoms with Crippen molar-refractivity contribution < 1.29 is 9.59 Å². The molecule has 0 aliphatic rings. The monoisotopic (exact) mass is 289 g/mol. The standard InChI is InChI=1S/C9H19N3O2.C4H12N2/c10-5-2-1-3-8(7-13)12-9(14)4-6-11;1-6-4-2-3-5/h7-8H,1-6,10-11H2,(H,12,14);6H,2-5H2,1H3. The van der Waals surface area contributed by atoms with Gasteiger partial charge in [0.1, 0.15) is 6.29 Å². The Hall–Kier alpha value is -1.02. The molecule has 7 heteroatoms. The second-order valence-electron chi connectivity index (χ2n) is 4.38. The maximum Gasteiger partial charge on any atom is 0.221 e. The van der Waals surface area contributed by atoms with Crippen LogP contribution >= 0.6 is 0 Å². The summed E-state index contributed by atoms with van der Waals surface area (Å²) in [6.45, 7) is 2.75. The highest BCUT2D eigenvalue weighted by Gasteiger charge is 2.09. The smallest absolute Gasteiger partial charge is 0.221 e. The lowest BCUT2D eigenvalue weighted by atomic mass is 10.1. The van der Waals surface area contributed by atoms with Crippen molar-refractivity contribution in [2.45, 2.75) is 38.1 Å². The first-order valence-electron chi connectivity index (χ1n) is 7.15. The molecule has 0 aliphatic heterocycles. The molecular formula is C13H31N5O2. The number of hydrogen-bond donors (Lipinski definition) is 5. The summed E-state index contributed by atoms with van der Waals surface area (Å²) < 4.78 is 0. The molecule has 0 rings (SSSR count). The molecule has 120 valence electrons. The number of unbranched alkanes of at least 4 members (excludes halogenated alkanes) is 1. The third-order valence-corrected chi connectivity index (χ3v) is 2.48. The number of aldehydes is 1. The van der Waals surface area contributed by atoms with Gasteiger partial charge in [-0.05, 0) is 52.4 Å². The summed E-state index contributed by atoms with van der Waals surface area (Å²) in [5.41, 5.74) is 15.7. The van der Waals surface area contributed by atoms with Crippen molar-refractivity contribution in [2.24, 2.45) is 17.2 Å². The van der Waals surface area contributed by atoms with E-state index in [1.165, 1.54) is 0 Å². The molecule has 0 saturated heterocycles. The molecule has 0 aliphatic carbocycles. The summed E-state index contributed by atoms with van der Waals surface area (Å²) in [6, 6.07) is -0.388. The van der Waals surface area contributed by atoms with Gasteiger partial charge in [0, 0.05) is 13.0 Å². The van der Waals surface area contributed by atoms with E-state index in [0.29, 0.717) is 19.5 Å². The maximum absolute atomic E-state index is 11.1. The zero-order chi connectivity index (χ0) is 15.6. The van der Waals surface area contributed by atoms with E-state index in [1.807, 2.05) is 7.05 Å². The Balaban J connectivity index is 0. The Morgan fingerprint density at radius 3 is 2.15 bits per heavy atom. The molecular weight excluding hydrogens is 258 g/mol. The summed E-state index contributed by atoms with van der Waals surface area (Å²) in [4.78, 5) is 21.6. The first-order valence-corrected chi connectivity index (χ1v) is 7.15.